The molecule has 0 aliphatic carbocycles. The van der Waals surface area contributed by atoms with Gasteiger partial charge in [-0.25, -0.2) is 0 Å². The molecule has 1 N–H and O–H groups in total. The van der Waals surface area contributed by atoms with E-state index >= 15 is 0 Å². The van der Waals surface area contributed by atoms with Crippen molar-refractivity contribution in [2.45, 2.75) is 6.61 Å². The van der Waals surface area contributed by atoms with Crippen LogP contribution in [0.15, 0.2) is 16.6 Å². The fourth-order valence-corrected chi connectivity index (χ4v) is 1.73. The fraction of sp³-hybridized carbons (Fsp3) is 0.333. The lowest BCUT2D eigenvalue weighted by molar-refractivity contribution is 0.272. The Balaban J connectivity index is 3.20. The van der Waals surface area contributed by atoms with E-state index in [4.69, 9.17) is 14.6 Å². The summed E-state index contributed by atoms with van der Waals surface area (Å²) in [6.45, 7) is -0.0705. The third-order valence-corrected chi connectivity index (χ3v) is 2.29. The average molecular weight is 247 g/mol. The molecule has 0 radical (unpaired) electrons. The molecule has 0 bridgehead atoms. The zero-order valence-corrected chi connectivity index (χ0v) is 9.09. The van der Waals surface area contributed by atoms with Gasteiger partial charge in [0, 0.05) is 5.56 Å². The van der Waals surface area contributed by atoms with Crippen LogP contribution in [0.5, 0.6) is 11.5 Å². The van der Waals surface area contributed by atoms with E-state index in [0.717, 1.165) is 4.47 Å². The van der Waals surface area contributed by atoms with Gasteiger partial charge in [0.15, 0.2) is 0 Å². The summed E-state index contributed by atoms with van der Waals surface area (Å²) in [5.74, 6) is 1.33. The number of aliphatic hydroxyl groups is 1. The Labute approximate surface area is 85.4 Å². The molecule has 0 saturated heterocycles. The number of benzene rings is 1. The van der Waals surface area contributed by atoms with Gasteiger partial charge in [0.1, 0.15) is 11.5 Å². The molecular weight excluding hydrogens is 236 g/mol. The quantitative estimate of drug-likeness (QED) is 0.887. The van der Waals surface area contributed by atoms with Gasteiger partial charge in [0.05, 0.1) is 25.3 Å². The minimum Gasteiger partial charge on any atom is -0.497 e. The second kappa shape index (κ2) is 4.48. The van der Waals surface area contributed by atoms with E-state index < -0.39 is 0 Å². The molecule has 1 aromatic rings. The van der Waals surface area contributed by atoms with Crippen molar-refractivity contribution in [1.82, 2.24) is 0 Å². The minimum atomic E-state index is -0.0705. The Morgan fingerprint density at radius 3 is 2.46 bits per heavy atom. The van der Waals surface area contributed by atoms with E-state index in [0.29, 0.717) is 17.1 Å². The topological polar surface area (TPSA) is 38.7 Å². The standard InChI is InChI=1S/C9H11BrO3/c1-12-7-3-6(5-11)9(13-2)8(10)4-7/h3-4,11H,5H2,1-2H3. The number of hydrogen-bond acceptors (Lipinski definition) is 3. The molecule has 0 saturated carbocycles. The summed E-state index contributed by atoms with van der Waals surface area (Å²) in [4.78, 5) is 0. The van der Waals surface area contributed by atoms with Crippen molar-refractivity contribution in [2.24, 2.45) is 0 Å². The first kappa shape index (κ1) is 10.3. The van der Waals surface area contributed by atoms with Crippen LogP contribution in [-0.2, 0) is 6.61 Å². The molecule has 72 valence electrons. The van der Waals surface area contributed by atoms with E-state index in [1.807, 2.05) is 0 Å². The largest absolute Gasteiger partial charge is 0.497 e. The Morgan fingerprint density at radius 2 is 2.00 bits per heavy atom. The minimum absolute atomic E-state index is 0.0705. The number of halogens is 1. The molecule has 0 unspecified atom stereocenters. The molecule has 13 heavy (non-hydrogen) atoms. The highest BCUT2D eigenvalue weighted by atomic mass is 79.9. The first-order chi connectivity index (χ1) is 6.22. The second-order valence-corrected chi connectivity index (χ2v) is 3.31. The van der Waals surface area contributed by atoms with E-state index in [-0.39, 0.29) is 6.61 Å². The molecule has 1 rings (SSSR count). The van der Waals surface area contributed by atoms with E-state index in [1.165, 1.54) is 0 Å². The lowest BCUT2D eigenvalue weighted by Crippen LogP contribution is -1.94. The van der Waals surface area contributed by atoms with Gasteiger partial charge in [-0.1, -0.05) is 0 Å². The highest BCUT2D eigenvalue weighted by Crippen LogP contribution is 2.33. The van der Waals surface area contributed by atoms with Crippen LogP contribution in [-0.4, -0.2) is 19.3 Å². The predicted octanol–water partition coefficient (Wildman–Crippen LogP) is 1.96. The SMILES string of the molecule is COc1cc(Br)c(OC)c(CO)c1. The van der Waals surface area contributed by atoms with Crippen molar-refractivity contribution >= 4 is 15.9 Å². The Morgan fingerprint density at radius 1 is 1.31 bits per heavy atom. The lowest BCUT2D eigenvalue weighted by Gasteiger charge is -2.10. The summed E-state index contributed by atoms with van der Waals surface area (Å²) in [5.41, 5.74) is 0.703. The molecule has 4 heteroatoms. The van der Waals surface area contributed by atoms with Crippen LogP contribution in [0.25, 0.3) is 0 Å². The van der Waals surface area contributed by atoms with Crippen molar-refractivity contribution in [1.29, 1.82) is 0 Å². The summed E-state index contributed by atoms with van der Waals surface area (Å²) in [7, 11) is 3.14. The van der Waals surface area contributed by atoms with Gasteiger partial charge in [-0.05, 0) is 28.1 Å². The Bertz CT molecular complexity index is 299. The molecule has 0 atom stereocenters. The maximum atomic E-state index is 9.04. The van der Waals surface area contributed by atoms with Gasteiger partial charge >= 0.3 is 0 Å². The predicted molar refractivity (Wildman–Crippen MR) is 53.2 cm³/mol. The number of ether oxygens (including phenoxy) is 2. The molecule has 0 aliphatic heterocycles. The molecular formula is C9H11BrO3. The first-order valence-corrected chi connectivity index (χ1v) is 4.53. The Hall–Kier alpha value is -0.740. The normalized spacial score (nSPS) is 9.85. The van der Waals surface area contributed by atoms with Crippen LogP contribution >= 0.6 is 15.9 Å². The lowest BCUT2D eigenvalue weighted by atomic mass is 10.2. The van der Waals surface area contributed by atoms with Crippen LogP contribution < -0.4 is 9.47 Å². The van der Waals surface area contributed by atoms with Crippen LogP contribution in [0.3, 0.4) is 0 Å². The zero-order valence-electron chi connectivity index (χ0n) is 7.50. The molecule has 0 spiro atoms. The maximum Gasteiger partial charge on any atom is 0.138 e. The molecule has 0 amide bonds. The van der Waals surface area contributed by atoms with Crippen LogP contribution in [0, 0.1) is 0 Å². The smallest absolute Gasteiger partial charge is 0.138 e. The molecule has 1 aromatic carbocycles. The van der Waals surface area contributed by atoms with Crippen molar-refractivity contribution < 1.29 is 14.6 Å². The second-order valence-electron chi connectivity index (χ2n) is 2.46. The number of methoxy groups -OCH3 is 2. The van der Waals surface area contributed by atoms with Crippen LogP contribution in [0.1, 0.15) is 5.56 Å². The number of aliphatic hydroxyl groups excluding tert-OH is 1. The van der Waals surface area contributed by atoms with E-state index in [9.17, 15) is 0 Å². The van der Waals surface area contributed by atoms with Crippen molar-refractivity contribution in [2.75, 3.05) is 14.2 Å². The van der Waals surface area contributed by atoms with Crippen LogP contribution in [0.4, 0.5) is 0 Å². The third-order valence-electron chi connectivity index (χ3n) is 1.70. The summed E-state index contributed by atoms with van der Waals surface area (Å²) in [6, 6.07) is 3.53. The summed E-state index contributed by atoms with van der Waals surface area (Å²) in [6.07, 6.45) is 0. The number of hydrogen-bond donors (Lipinski definition) is 1. The molecule has 0 heterocycles. The Kier molecular flexibility index (Phi) is 3.57. The fourth-order valence-electron chi connectivity index (χ4n) is 1.09. The summed E-state index contributed by atoms with van der Waals surface area (Å²) < 4.78 is 10.9. The monoisotopic (exact) mass is 246 g/mol. The summed E-state index contributed by atoms with van der Waals surface area (Å²) >= 11 is 3.32. The molecule has 0 aliphatic rings. The van der Waals surface area contributed by atoms with Crippen molar-refractivity contribution in [3.8, 4) is 11.5 Å². The number of rotatable bonds is 3. The zero-order chi connectivity index (χ0) is 9.84. The van der Waals surface area contributed by atoms with E-state index in [1.54, 1.807) is 26.4 Å². The first-order valence-electron chi connectivity index (χ1n) is 3.74. The van der Waals surface area contributed by atoms with E-state index in [2.05, 4.69) is 15.9 Å². The highest BCUT2D eigenvalue weighted by molar-refractivity contribution is 9.10. The average Bonchev–Trinajstić information content (AvgIpc) is 2.16. The molecule has 0 fully saturated rings. The van der Waals surface area contributed by atoms with Crippen LogP contribution in [0.2, 0.25) is 0 Å². The van der Waals surface area contributed by atoms with Crippen molar-refractivity contribution in [3.63, 3.8) is 0 Å². The molecule has 3 nitrogen and oxygen atoms in total. The highest BCUT2D eigenvalue weighted by Gasteiger charge is 2.08. The van der Waals surface area contributed by atoms with Gasteiger partial charge < -0.3 is 14.6 Å². The van der Waals surface area contributed by atoms with Gasteiger partial charge in [0.25, 0.3) is 0 Å². The van der Waals surface area contributed by atoms with Crippen molar-refractivity contribution in [3.05, 3.63) is 22.2 Å². The maximum absolute atomic E-state index is 9.04. The summed E-state index contributed by atoms with van der Waals surface area (Å²) in [5, 5.41) is 9.04. The van der Waals surface area contributed by atoms with Gasteiger partial charge in [-0.2, -0.15) is 0 Å². The molecule has 0 aromatic heterocycles. The van der Waals surface area contributed by atoms with Gasteiger partial charge in [-0.15, -0.1) is 0 Å². The third kappa shape index (κ3) is 2.14. The van der Waals surface area contributed by atoms with Gasteiger partial charge in [0.2, 0.25) is 0 Å². The van der Waals surface area contributed by atoms with Gasteiger partial charge in [-0.3, -0.25) is 0 Å².